The van der Waals surface area contributed by atoms with Crippen LogP contribution in [-0.4, -0.2) is 28.3 Å². The van der Waals surface area contributed by atoms with Gasteiger partial charge in [-0.1, -0.05) is 66.0 Å². The first-order chi connectivity index (χ1) is 14.0. The van der Waals surface area contributed by atoms with Gasteiger partial charge in [-0.3, -0.25) is 9.59 Å². The number of hydrogen-bond donors (Lipinski definition) is 1. The van der Waals surface area contributed by atoms with Gasteiger partial charge in [0.2, 0.25) is 11.8 Å². The summed E-state index contributed by atoms with van der Waals surface area (Å²) < 4.78 is 0. The molecule has 0 aliphatic heterocycles. The maximum atomic E-state index is 13.4. The molecule has 0 spiro atoms. The van der Waals surface area contributed by atoms with E-state index < -0.39 is 11.6 Å². The fraction of sp³-hybridized carbons (Fsp3) is 0.391. The van der Waals surface area contributed by atoms with Gasteiger partial charge in [-0.25, -0.2) is 0 Å². The topological polar surface area (TPSA) is 49.4 Å². The highest BCUT2D eigenvalue weighted by atomic mass is 35.5. The van der Waals surface area contributed by atoms with Gasteiger partial charge in [0.25, 0.3) is 0 Å². The molecule has 2 rings (SSSR count). The molecule has 0 saturated heterocycles. The molecule has 1 atom stereocenters. The molecule has 30 heavy (non-hydrogen) atoms. The average molecular weight is 470 g/mol. The molecular formula is C23H27Cl3N2O2. The lowest BCUT2D eigenvalue weighted by Crippen LogP contribution is -2.53. The molecule has 0 aromatic heterocycles. The Hall–Kier alpha value is -1.75. The van der Waals surface area contributed by atoms with E-state index >= 15 is 0 Å². The molecule has 162 valence electrons. The summed E-state index contributed by atoms with van der Waals surface area (Å²) in [6, 6.07) is 11.7. The number of benzene rings is 2. The Morgan fingerprint density at radius 1 is 0.967 bits per heavy atom. The van der Waals surface area contributed by atoms with Gasteiger partial charge in [-0.05, 0) is 51.0 Å². The lowest BCUT2D eigenvalue weighted by molar-refractivity contribution is -0.141. The van der Waals surface area contributed by atoms with Gasteiger partial charge < -0.3 is 10.2 Å². The highest BCUT2D eigenvalue weighted by Gasteiger charge is 2.31. The highest BCUT2D eigenvalue weighted by molar-refractivity contribution is 6.36. The molecule has 0 saturated carbocycles. The molecule has 2 amide bonds. The second-order valence-corrected chi connectivity index (χ2v) is 9.37. The predicted molar refractivity (Wildman–Crippen MR) is 124 cm³/mol. The van der Waals surface area contributed by atoms with E-state index in [0.29, 0.717) is 32.6 Å². The summed E-state index contributed by atoms with van der Waals surface area (Å²) in [4.78, 5) is 27.9. The van der Waals surface area contributed by atoms with Crippen LogP contribution in [0.3, 0.4) is 0 Å². The van der Waals surface area contributed by atoms with Crippen molar-refractivity contribution in [1.29, 1.82) is 0 Å². The van der Waals surface area contributed by atoms with E-state index in [2.05, 4.69) is 5.32 Å². The van der Waals surface area contributed by atoms with Crippen LogP contribution in [0.25, 0.3) is 0 Å². The first kappa shape index (κ1) is 24.5. The Morgan fingerprint density at radius 2 is 1.53 bits per heavy atom. The Bertz CT molecular complexity index is 889. The van der Waals surface area contributed by atoms with Crippen LogP contribution >= 0.6 is 34.8 Å². The van der Waals surface area contributed by atoms with Gasteiger partial charge in [0, 0.05) is 32.7 Å². The van der Waals surface area contributed by atoms with Gasteiger partial charge in [0.1, 0.15) is 6.04 Å². The van der Waals surface area contributed by atoms with Crippen molar-refractivity contribution in [1.82, 2.24) is 10.2 Å². The molecule has 0 bridgehead atoms. The summed E-state index contributed by atoms with van der Waals surface area (Å²) in [7, 11) is 0. The van der Waals surface area contributed by atoms with Crippen LogP contribution in [0.1, 0.15) is 45.2 Å². The number of carbonyl (C=O) groups is 2. The van der Waals surface area contributed by atoms with Crippen molar-refractivity contribution in [3.63, 3.8) is 0 Å². The van der Waals surface area contributed by atoms with Crippen LogP contribution in [-0.2, 0) is 22.6 Å². The Labute approximate surface area is 193 Å². The number of amides is 2. The van der Waals surface area contributed by atoms with Gasteiger partial charge in [-0.2, -0.15) is 0 Å². The molecule has 0 fully saturated rings. The van der Waals surface area contributed by atoms with E-state index in [9.17, 15) is 9.59 Å². The molecule has 0 aliphatic carbocycles. The maximum absolute atomic E-state index is 13.4. The fourth-order valence-electron chi connectivity index (χ4n) is 3.13. The van der Waals surface area contributed by atoms with Crippen LogP contribution < -0.4 is 5.32 Å². The average Bonchev–Trinajstić information content (AvgIpc) is 2.64. The summed E-state index contributed by atoms with van der Waals surface area (Å²) in [6.45, 7) is 7.70. The van der Waals surface area contributed by atoms with Crippen LogP contribution in [0.4, 0.5) is 0 Å². The Kier molecular flexibility index (Phi) is 8.60. The molecule has 1 unspecified atom stereocenters. The molecule has 0 radical (unpaired) electrons. The number of rotatable bonds is 7. The fourth-order valence-corrected chi connectivity index (χ4v) is 3.85. The summed E-state index contributed by atoms with van der Waals surface area (Å²) in [5, 5.41) is 4.38. The first-order valence-electron chi connectivity index (χ1n) is 9.81. The number of halogens is 3. The number of carbonyl (C=O) groups excluding carboxylic acids is 2. The van der Waals surface area contributed by atoms with E-state index in [0.717, 1.165) is 0 Å². The summed E-state index contributed by atoms with van der Waals surface area (Å²) in [5.74, 6) is -0.448. The second kappa shape index (κ2) is 10.5. The molecule has 0 aliphatic rings. The number of nitrogens with zero attached hydrogens (tertiary/aromatic N) is 1. The molecule has 4 nitrogen and oxygen atoms in total. The predicted octanol–water partition coefficient (Wildman–Crippen LogP) is 5.91. The third kappa shape index (κ3) is 6.63. The number of hydrogen-bond acceptors (Lipinski definition) is 2. The first-order valence-corrected chi connectivity index (χ1v) is 10.9. The van der Waals surface area contributed by atoms with E-state index in [1.807, 2.05) is 39.8 Å². The van der Waals surface area contributed by atoms with Gasteiger partial charge in [0.05, 0.1) is 6.42 Å². The van der Waals surface area contributed by atoms with Crippen LogP contribution in [0.2, 0.25) is 15.1 Å². The third-order valence-corrected chi connectivity index (χ3v) is 5.65. The van der Waals surface area contributed by atoms with Crippen molar-refractivity contribution >= 4 is 46.6 Å². The Balaban J connectivity index is 2.41. The standard InChI is InChI=1S/C23H27Cl3N2O2/c1-5-20(22(30)27-23(2,3)4)28(14-16-18(25)11-8-12-19(16)26)21(29)13-15-9-6-7-10-17(15)24/h6-12,20H,5,13-14H2,1-4H3,(H,27,30). The van der Waals surface area contributed by atoms with Crippen molar-refractivity contribution in [2.45, 2.75) is 58.7 Å². The molecule has 2 aromatic carbocycles. The van der Waals surface area contributed by atoms with E-state index in [1.165, 1.54) is 4.90 Å². The van der Waals surface area contributed by atoms with Crippen LogP contribution in [0.15, 0.2) is 42.5 Å². The van der Waals surface area contributed by atoms with Crippen LogP contribution in [0.5, 0.6) is 0 Å². The quantitative estimate of drug-likeness (QED) is 0.548. The van der Waals surface area contributed by atoms with Crippen molar-refractivity contribution < 1.29 is 9.59 Å². The van der Waals surface area contributed by atoms with E-state index in [1.54, 1.807) is 30.3 Å². The zero-order valence-corrected chi connectivity index (χ0v) is 19.9. The van der Waals surface area contributed by atoms with E-state index in [-0.39, 0.29) is 24.8 Å². The lowest BCUT2D eigenvalue weighted by Gasteiger charge is -2.33. The van der Waals surface area contributed by atoms with E-state index in [4.69, 9.17) is 34.8 Å². The molecule has 1 N–H and O–H groups in total. The van der Waals surface area contributed by atoms with Crippen molar-refractivity contribution in [3.05, 3.63) is 68.7 Å². The van der Waals surface area contributed by atoms with Crippen molar-refractivity contribution in [2.24, 2.45) is 0 Å². The number of nitrogens with one attached hydrogen (secondary N) is 1. The van der Waals surface area contributed by atoms with Gasteiger partial charge >= 0.3 is 0 Å². The Morgan fingerprint density at radius 3 is 2.07 bits per heavy atom. The highest BCUT2D eigenvalue weighted by Crippen LogP contribution is 2.28. The van der Waals surface area contributed by atoms with Crippen molar-refractivity contribution in [2.75, 3.05) is 0 Å². The summed E-state index contributed by atoms with van der Waals surface area (Å²) in [6.07, 6.45) is 0.513. The van der Waals surface area contributed by atoms with Gasteiger partial charge in [-0.15, -0.1) is 0 Å². The molecule has 2 aromatic rings. The third-order valence-electron chi connectivity index (χ3n) is 4.57. The molecule has 0 heterocycles. The minimum atomic E-state index is -0.674. The minimum Gasteiger partial charge on any atom is -0.350 e. The van der Waals surface area contributed by atoms with Crippen LogP contribution in [0, 0.1) is 0 Å². The zero-order valence-electron chi connectivity index (χ0n) is 17.6. The molecular weight excluding hydrogens is 443 g/mol. The lowest BCUT2D eigenvalue weighted by atomic mass is 10.0. The largest absolute Gasteiger partial charge is 0.350 e. The molecule has 7 heteroatoms. The smallest absolute Gasteiger partial charge is 0.243 e. The SMILES string of the molecule is CCC(C(=O)NC(C)(C)C)N(Cc1c(Cl)cccc1Cl)C(=O)Cc1ccccc1Cl. The summed E-state index contributed by atoms with van der Waals surface area (Å²) in [5.41, 5.74) is 0.880. The van der Waals surface area contributed by atoms with Gasteiger partial charge in [0.15, 0.2) is 0 Å². The minimum absolute atomic E-state index is 0.0705. The van der Waals surface area contributed by atoms with Crippen molar-refractivity contribution in [3.8, 4) is 0 Å². The normalized spacial score (nSPS) is 12.4. The zero-order chi connectivity index (χ0) is 22.5. The summed E-state index contributed by atoms with van der Waals surface area (Å²) >= 11 is 19.0. The maximum Gasteiger partial charge on any atom is 0.243 e. The second-order valence-electron chi connectivity index (χ2n) is 8.15. The monoisotopic (exact) mass is 468 g/mol.